The van der Waals surface area contributed by atoms with Gasteiger partial charge in [0, 0.05) is 39.1 Å². The standard InChI is InChI=1S/C22H31N5O3/c1-5-6-7-19-23-24-20(28)27(19)18-10-8-17(9-11-18)16-25-12-14-26(15-13-25)21(29)30-22(2,3)4/h5-6,8-11H,7,12-16H2,1-4H3,(H,24,28)/b6-5+. The molecule has 8 nitrogen and oxygen atoms in total. The molecule has 0 bridgehead atoms. The Morgan fingerprint density at radius 1 is 1.17 bits per heavy atom. The van der Waals surface area contributed by atoms with Crippen molar-refractivity contribution >= 4 is 6.09 Å². The number of nitrogens with one attached hydrogen (secondary N) is 1. The lowest BCUT2D eigenvalue weighted by Gasteiger charge is -2.35. The molecule has 0 atom stereocenters. The van der Waals surface area contributed by atoms with Crippen LogP contribution >= 0.6 is 0 Å². The molecule has 3 rings (SSSR count). The van der Waals surface area contributed by atoms with Gasteiger partial charge in [-0.15, -0.1) is 0 Å². The predicted octanol–water partition coefficient (Wildman–Crippen LogP) is 2.73. The highest BCUT2D eigenvalue weighted by Gasteiger charge is 2.25. The van der Waals surface area contributed by atoms with Crippen LogP contribution in [0, 0.1) is 0 Å². The summed E-state index contributed by atoms with van der Waals surface area (Å²) >= 11 is 0. The number of carbonyl (C=O) groups is 1. The number of H-pyrrole nitrogens is 1. The summed E-state index contributed by atoms with van der Waals surface area (Å²) < 4.78 is 7.05. The smallest absolute Gasteiger partial charge is 0.410 e. The molecule has 1 N–H and O–H groups in total. The van der Waals surface area contributed by atoms with Crippen molar-refractivity contribution in [2.75, 3.05) is 26.2 Å². The minimum Gasteiger partial charge on any atom is -0.444 e. The lowest BCUT2D eigenvalue weighted by molar-refractivity contribution is 0.0139. The van der Waals surface area contributed by atoms with E-state index in [4.69, 9.17) is 4.74 Å². The van der Waals surface area contributed by atoms with E-state index in [-0.39, 0.29) is 11.8 Å². The van der Waals surface area contributed by atoms with E-state index in [0.717, 1.165) is 30.9 Å². The van der Waals surface area contributed by atoms with E-state index < -0.39 is 5.60 Å². The first kappa shape index (κ1) is 21.8. The number of nitrogens with zero attached hydrogens (tertiary/aromatic N) is 4. The minimum absolute atomic E-state index is 0.236. The van der Waals surface area contributed by atoms with Gasteiger partial charge in [0.05, 0.1) is 5.69 Å². The zero-order chi connectivity index (χ0) is 21.7. The van der Waals surface area contributed by atoms with Crippen LogP contribution in [0.3, 0.4) is 0 Å². The molecule has 30 heavy (non-hydrogen) atoms. The van der Waals surface area contributed by atoms with Gasteiger partial charge < -0.3 is 9.64 Å². The number of allylic oxidation sites excluding steroid dienone is 2. The Bertz CT molecular complexity index is 929. The summed E-state index contributed by atoms with van der Waals surface area (Å²) in [4.78, 5) is 28.4. The lowest BCUT2D eigenvalue weighted by atomic mass is 10.1. The van der Waals surface area contributed by atoms with Gasteiger partial charge in [-0.05, 0) is 45.4 Å². The molecule has 0 aliphatic carbocycles. The molecule has 1 amide bonds. The van der Waals surface area contributed by atoms with Gasteiger partial charge in [0.1, 0.15) is 11.4 Å². The number of piperazine rings is 1. The first-order chi connectivity index (χ1) is 14.3. The van der Waals surface area contributed by atoms with Crippen LogP contribution in [-0.4, -0.2) is 62.4 Å². The fraction of sp³-hybridized carbons (Fsp3) is 0.500. The number of rotatable bonds is 5. The van der Waals surface area contributed by atoms with Gasteiger partial charge in [-0.3, -0.25) is 4.90 Å². The summed E-state index contributed by atoms with van der Waals surface area (Å²) in [5.41, 5.74) is 1.25. The van der Waals surface area contributed by atoms with E-state index >= 15 is 0 Å². The second kappa shape index (κ2) is 9.30. The average molecular weight is 414 g/mol. The van der Waals surface area contributed by atoms with E-state index in [2.05, 4.69) is 15.1 Å². The van der Waals surface area contributed by atoms with E-state index in [1.54, 1.807) is 9.47 Å². The normalized spacial score (nSPS) is 15.7. The molecule has 2 aromatic rings. The zero-order valence-electron chi connectivity index (χ0n) is 18.2. The summed E-state index contributed by atoms with van der Waals surface area (Å²) in [5.74, 6) is 0.684. The van der Waals surface area contributed by atoms with Crippen LogP contribution in [0.1, 0.15) is 39.1 Å². The van der Waals surface area contributed by atoms with Gasteiger partial charge in [-0.2, -0.15) is 5.10 Å². The maximum atomic E-state index is 12.2. The van der Waals surface area contributed by atoms with E-state index in [1.807, 2.05) is 64.1 Å². The number of aromatic amines is 1. The molecule has 1 fully saturated rings. The summed E-state index contributed by atoms with van der Waals surface area (Å²) in [5, 5.41) is 6.64. The van der Waals surface area contributed by atoms with Crippen LogP contribution in [-0.2, 0) is 17.7 Å². The fourth-order valence-electron chi connectivity index (χ4n) is 3.38. The van der Waals surface area contributed by atoms with Crippen molar-refractivity contribution in [3.63, 3.8) is 0 Å². The maximum Gasteiger partial charge on any atom is 0.410 e. The number of hydrogen-bond donors (Lipinski definition) is 1. The van der Waals surface area contributed by atoms with Crippen LogP contribution in [0.4, 0.5) is 4.79 Å². The van der Waals surface area contributed by atoms with Crippen molar-refractivity contribution in [2.24, 2.45) is 0 Å². The molecule has 162 valence electrons. The van der Waals surface area contributed by atoms with Crippen molar-refractivity contribution < 1.29 is 9.53 Å². The highest BCUT2D eigenvalue weighted by Crippen LogP contribution is 2.15. The van der Waals surface area contributed by atoms with Crippen LogP contribution < -0.4 is 5.69 Å². The second-order valence-corrected chi connectivity index (χ2v) is 8.46. The van der Waals surface area contributed by atoms with Gasteiger partial charge in [0.2, 0.25) is 0 Å². The molecule has 1 aromatic heterocycles. The Morgan fingerprint density at radius 3 is 2.43 bits per heavy atom. The molecular formula is C22H31N5O3. The summed E-state index contributed by atoms with van der Waals surface area (Å²) in [6, 6.07) is 7.97. The average Bonchev–Trinajstić information content (AvgIpc) is 3.06. The number of benzene rings is 1. The molecule has 0 unspecified atom stereocenters. The third kappa shape index (κ3) is 5.60. The minimum atomic E-state index is -0.473. The maximum absolute atomic E-state index is 12.2. The second-order valence-electron chi connectivity index (χ2n) is 8.46. The molecule has 1 aromatic carbocycles. The van der Waals surface area contributed by atoms with E-state index in [1.165, 1.54) is 0 Å². The fourth-order valence-corrected chi connectivity index (χ4v) is 3.38. The Morgan fingerprint density at radius 2 is 1.83 bits per heavy atom. The largest absolute Gasteiger partial charge is 0.444 e. The Kier molecular flexibility index (Phi) is 6.77. The Labute approximate surface area is 177 Å². The first-order valence-electron chi connectivity index (χ1n) is 10.3. The highest BCUT2D eigenvalue weighted by molar-refractivity contribution is 5.68. The molecule has 2 heterocycles. The van der Waals surface area contributed by atoms with Crippen molar-refractivity contribution in [2.45, 2.75) is 46.3 Å². The Hall–Kier alpha value is -2.87. The third-order valence-corrected chi connectivity index (χ3v) is 4.90. The highest BCUT2D eigenvalue weighted by atomic mass is 16.6. The van der Waals surface area contributed by atoms with Crippen molar-refractivity contribution in [3.8, 4) is 5.69 Å². The monoisotopic (exact) mass is 413 g/mol. The van der Waals surface area contributed by atoms with Crippen molar-refractivity contribution in [3.05, 3.63) is 58.3 Å². The molecular weight excluding hydrogens is 382 g/mol. The lowest BCUT2D eigenvalue weighted by Crippen LogP contribution is -2.49. The number of hydrogen-bond acceptors (Lipinski definition) is 5. The number of ether oxygens (including phenoxy) is 1. The molecule has 1 saturated heterocycles. The number of amides is 1. The Balaban J connectivity index is 1.58. The summed E-state index contributed by atoms with van der Waals surface area (Å²) in [7, 11) is 0. The van der Waals surface area contributed by atoms with Gasteiger partial charge in [-0.25, -0.2) is 19.3 Å². The molecule has 1 aliphatic rings. The SMILES string of the molecule is C/C=C/Cc1n[nH]c(=O)n1-c1ccc(CN2CCN(C(=O)OC(C)(C)C)CC2)cc1. The number of carbonyl (C=O) groups excluding carboxylic acids is 1. The summed E-state index contributed by atoms with van der Waals surface area (Å²) in [6.45, 7) is 11.3. The predicted molar refractivity (Wildman–Crippen MR) is 116 cm³/mol. The van der Waals surface area contributed by atoms with E-state index in [9.17, 15) is 9.59 Å². The first-order valence-corrected chi connectivity index (χ1v) is 10.3. The quantitative estimate of drug-likeness (QED) is 0.762. The molecule has 0 spiro atoms. The third-order valence-electron chi connectivity index (χ3n) is 4.90. The zero-order valence-corrected chi connectivity index (χ0v) is 18.2. The molecule has 1 aliphatic heterocycles. The van der Waals surface area contributed by atoms with Gasteiger partial charge >= 0.3 is 11.8 Å². The van der Waals surface area contributed by atoms with Crippen molar-refractivity contribution in [1.29, 1.82) is 0 Å². The van der Waals surface area contributed by atoms with Crippen LogP contribution in [0.15, 0.2) is 41.2 Å². The number of aromatic nitrogens is 3. The van der Waals surface area contributed by atoms with Gasteiger partial charge in [0.15, 0.2) is 0 Å². The molecule has 8 heteroatoms. The van der Waals surface area contributed by atoms with Gasteiger partial charge in [0.25, 0.3) is 0 Å². The van der Waals surface area contributed by atoms with Gasteiger partial charge in [-0.1, -0.05) is 24.3 Å². The molecule has 0 radical (unpaired) electrons. The van der Waals surface area contributed by atoms with Crippen LogP contribution in [0.25, 0.3) is 5.69 Å². The van der Waals surface area contributed by atoms with Crippen LogP contribution in [0.5, 0.6) is 0 Å². The topological polar surface area (TPSA) is 83.5 Å². The van der Waals surface area contributed by atoms with Crippen LogP contribution in [0.2, 0.25) is 0 Å². The van der Waals surface area contributed by atoms with Crippen molar-refractivity contribution in [1.82, 2.24) is 24.6 Å². The van der Waals surface area contributed by atoms with E-state index in [0.29, 0.717) is 25.3 Å². The molecule has 0 saturated carbocycles. The summed E-state index contributed by atoms with van der Waals surface area (Å²) in [6.07, 6.45) is 4.26.